The Kier molecular flexibility index (Phi) is 2.80. The van der Waals surface area contributed by atoms with Gasteiger partial charge in [0.05, 0.1) is 0 Å². The molecule has 0 spiro atoms. The number of hydrogen-bond donors (Lipinski definition) is 2. The van der Waals surface area contributed by atoms with Crippen molar-refractivity contribution in [1.29, 1.82) is 0 Å². The largest absolute Gasteiger partial charge is 0.384 e. The summed E-state index contributed by atoms with van der Waals surface area (Å²) >= 11 is 0. The van der Waals surface area contributed by atoms with Crippen LogP contribution in [0.2, 0.25) is 0 Å². The van der Waals surface area contributed by atoms with E-state index in [1.54, 1.807) is 0 Å². The molecule has 0 saturated heterocycles. The molecule has 0 bridgehead atoms. The van der Waals surface area contributed by atoms with Gasteiger partial charge in [-0.15, -0.1) is 0 Å². The van der Waals surface area contributed by atoms with Crippen LogP contribution in [0.5, 0.6) is 0 Å². The third kappa shape index (κ3) is 2.27. The Hall–Kier alpha value is -1.02. The molecule has 2 saturated carbocycles. The van der Waals surface area contributed by atoms with E-state index >= 15 is 0 Å². The van der Waals surface area contributed by atoms with Gasteiger partial charge in [-0.1, -0.05) is 18.2 Å². The first-order valence-electron chi connectivity index (χ1n) is 7.91. The standard InChI is InChI=1S/C17H24N2/c1-2-4-16-15(3-1)13(11-19-16)7-10-18-12-17(8-9-17)14-5-6-14/h1-4,13-14,18-19H,5-12H2. The zero-order valence-electron chi connectivity index (χ0n) is 11.6. The number of para-hydroxylation sites is 1. The monoisotopic (exact) mass is 256 g/mol. The zero-order chi connectivity index (χ0) is 12.7. The minimum Gasteiger partial charge on any atom is -0.384 e. The maximum absolute atomic E-state index is 3.74. The van der Waals surface area contributed by atoms with Gasteiger partial charge in [0, 0.05) is 24.7 Å². The molecule has 1 unspecified atom stereocenters. The van der Waals surface area contributed by atoms with Crippen LogP contribution in [0, 0.1) is 11.3 Å². The third-order valence-electron chi connectivity index (χ3n) is 5.42. The smallest absolute Gasteiger partial charge is 0.0376 e. The van der Waals surface area contributed by atoms with Crippen molar-refractivity contribution in [2.45, 2.75) is 38.0 Å². The fraction of sp³-hybridized carbons (Fsp3) is 0.647. The van der Waals surface area contributed by atoms with E-state index in [1.807, 2.05) is 0 Å². The van der Waals surface area contributed by atoms with E-state index in [2.05, 4.69) is 34.9 Å². The minimum atomic E-state index is 0.708. The second-order valence-corrected chi connectivity index (χ2v) is 6.77. The molecular formula is C17H24N2. The van der Waals surface area contributed by atoms with Crippen molar-refractivity contribution in [1.82, 2.24) is 5.32 Å². The molecule has 1 aromatic carbocycles. The van der Waals surface area contributed by atoms with Gasteiger partial charge in [-0.05, 0) is 61.6 Å². The second-order valence-electron chi connectivity index (χ2n) is 6.77. The predicted octanol–water partition coefficient (Wildman–Crippen LogP) is 3.37. The maximum atomic E-state index is 3.74. The summed E-state index contributed by atoms with van der Waals surface area (Å²) in [6.07, 6.45) is 7.24. The van der Waals surface area contributed by atoms with E-state index < -0.39 is 0 Å². The number of rotatable bonds is 6. The topological polar surface area (TPSA) is 24.1 Å². The van der Waals surface area contributed by atoms with Crippen LogP contribution in [0.4, 0.5) is 5.69 Å². The zero-order valence-corrected chi connectivity index (χ0v) is 11.6. The van der Waals surface area contributed by atoms with E-state index in [9.17, 15) is 0 Å². The molecule has 1 heterocycles. The normalized spacial score (nSPS) is 26.8. The molecule has 4 rings (SSSR count). The molecule has 3 aliphatic rings. The molecule has 0 amide bonds. The van der Waals surface area contributed by atoms with Crippen molar-refractivity contribution >= 4 is 5.69 Å². The number of anilines is 1. The average molecular weight is 256 g/mol. The molecule has 2 heteroatoms. The average Bonchev–Trinajstić information content (AvgIpc) is 3.33. The molecule has 1 atom stereocenters. The lowest BCUT2D eigenvalue weighted by atomic mass is 9.97. The minimum absolute atomic E-state index is 0.708. The van der Waals surface area contributed by atoms with Gasteiger partial charge in [0.2, 0.25) is 0 Å². The van der Waals surface area contributed by atoms with Gasteiger partial charge in [0.25, 0.3) is 0 Å². The Bertz CT molecular complexity index is 460. The van der Waals surface area contributed by atoms with E-state index in [-0.39, 0.29) is 0 Å². The van der Waals surface area contributed by atoms with E-state index in [1.165, 1.54) is 56.4 Å². The third-order valence-corrected chi connectivity index (χ3v) is 5.42. The molecule has 2 nitrogen and oxygen atoms in total. The first-order chi connectivity index (χ1) is 9.37. The summed E-state index contributed by atoms with van der Waals surface area (Å²) in [4.78, 5) is 0. The van der Waals surface area contributed by atoms with Gasteiger partial charge in [0.15, 0.2) is 0 Å². The Morgan fingerprint density at radius 3 is 2.84 bits per heavy atom. The van der Waals surface area contributed by atoms with Gasteiger partial charge in [-0.25, -0.2) is 0 Å². The highest BCUT2D eigenvalue weighted by molar-refractivity contribution is 5.57. The van der Waals surface area contributed by atoms with Crippen molar-refractivity contribution in [2.24, 2.45) is 11.3 Å². The molecule has 0 radical (unpaired) electrons. The molecule has 0 aromatic heterocycles. The second kappa shape index (κ2) is 4.52. The van der Waals surface area contributed by atoms with Gasteiger partial charge >= 0.3 is 0 Å². The molecular weight excluding hydrogens is 232 g/mol. The van der Waals surface area contributed by atoms with E-state index in [0.717, 1.165) is 17.9 Å². The Morgan fingerprint density at radius 2 is 2.05 bits per heavy atom. The molecule has 2 aliphatic carbocycles. The molecule has 1 aliphatic heterocycles. The van der Waals surface area contributed by atoms with Crippen LogP contribution in [-0.2, 0) is 0 Å². The van der Waals surface area contributed by atoms with Crippen LogP contribution in [0.25, 0.3) is 0 Å². The quantitative estimate of drug-likeness (QED) is 0.763. The number of hydrogen-bond acceptors (Lipinski definition) is 2. The van der Waals surface area contributed by atoms with Crippen molar-refractivity contribution in [3.63, 3.8) is 0 Å². The van der Waals surface area contributed by atoms with Crippen LogP contribution >= 0.6 is 0 Å². The molecule has 102 valence electrons. The highest BCUT2D eigenvalue weighted by Gasteiger charge is 2.53. The fourth-order valence-corrected chi connectivity index (χ4v) is 3.81. The lowest BCUT2D eigenvalue weighted by molar-refractivity contribution is 0.399. The number of benzene rings is 1. The Morgan fingerprint density at radius 1 is 1.21 bits per heavy atom. The SMILES string of the molecule is c1ccc2c(c1)NCC2CCNCC1(C2CC2)CC1. The highest BCUT2D eigenvalue weighted by Crippen LogP contribution is 2.60. The van der Waals surface area contributed by atoms with Crippen molar-refractivity contribution in [2.75, 3.05) is 25.0 Å². The lowest BCUT2D eigenvalue weighted by Crippen LogP contribution is -2.27. The Labute approximate surface area is 116 Å². The van der Waals surface area contributed by atoms with Crippen LogP contribution in [0.1, 0.15) is 43.6 Å². The van der Waals surface area contributed by atoms with Crippen LogP contribution < -0.4 is 10.6 Å². The summed E-state index contributed by atoms with van der Waals surface area (Å²) in [5.74, 6) is 1.79. The molecule has 19 heavy (non-hydrogen) atoms. The van der Waals surface area contributed by atoms with Gasteiger partial charge in [-0.3, -0.25) is 0 Å². The van der Waals surface area contributed by atoms with Crippen molar-refractivity contribution in [3.05, 3.63) is 29.8 Å². The maximum Gasteiger partial charge on any atom is 0.0376 e. The summed E-state index contributed by atoms with van der Waals surface area (Å²) in [7, 11) is 0. The van der Waals surface area contributed by atoms with Gasteiger partial charge < -0.3 is 10.6 Å². The van der Waals surface area contributed by atoms with Crippen LogP contribution in [-0.4, -0.2) is 19.6 Å². The van der Waals surface area contributed by atoms with Crippen molar-refractivity contribution < 1.29 is 0 Å². The Balaban J connectivity index is 1.25. The van der Waals surface area contributed by atoms with E-state index in [0.29, 0.717) is 5.92 Å². The summed E-state index contributed by atoms with van der Waals surface area (Å²) in [6.45, 7) is 3.57. The van der Waals surface area contributed by atoms with Crippen molar-refractivity contribution in [3.8, 4) is 0 Å². The summed E-state index contributed by atoms with van der Waals surface area (Å²) < 4.78 is 0. The highest BCUT2D eigenvalue weighted by atomic mass is 14.9. The van der Waals surface area contributed by atoms with Gasteiger partial charge in [-0.2, -0.15) is 0 Å². The molecule has 1 aromatic rings. The fourth-order valence-electron chi connectivity index (χ4n) is 3.81. The van der Waals surface area contributed by atoms with Gasteiger partial charge in [0.1, 0.15) is 0 Å². The number of fused-ring (bicyclic) bond motifs is 1. The van der Waals surface area contributed by atoms with Crippen LogP contribution in [0.3, 0.4) is 0 Å². The first-order valence-corrected chi connectivity index (χ1v) is 7.91. The molecule has 2 fully saturated rings. The van der Waals surface area contributed by atoms with Crippen LogP contribution in [0.15, 0.2) is 24.3 Å². The summed E-state index contributed by atoms with van der Waals surface area (Å²) in [5, 5.41) is 7.26. The predicted molar refractivity (Wildman–Crippen MR) is 79.6 cm³/mol. The molecule has 2 N–H and O–H groups in total. The summed E-state index contributed by atoms with van der Waals surface area (Å²) in [6, 6.07) is 8.78. The van der Waals surface area contributed by atoms with E-state index in [4.69, 9.17) is 0 Å². The number of nitrogens with one attached hydrogen (secondary N) is 2. The lowest BCUT2D eigenvalue weighted by Gasteiger charge is -2.16. The first kappa shape index (κ1) is 11.8. The summed E-state index contributed by atoms with van der Waals surface area (Å²) in [5.41, 5.74) is 3.61.